The molecular formula is C15H14N2. The molecular weight excluding hydrogens is 208 g/mol. The summed E-state index contributed by atoms with van der Waals surface area (Å²) >= 11 is 0. The van der Waals surface area contributed by atoms with Gasteiger partial charge in [0.1, 0.15) is 0 Å². The molecule has 1 aliphatic rings. The van der Waals surface area contributed by atoms with Gasteiger partial charge in [-0.05, 0) is 11.6 Å². The minimum Gasteiger partial charge on any atom is -0.265 e. The van der Waals surface area contributed by atoms with E-state index in [4.69, 9.17) is 0 Å². The van der Waals surface area contributed by atoms with Crippen LogP contribution in [-0.2, 0) is 0 Å². The molecule has 0 saturated carbocycles. The second-order valence-corrected chi connectivity index (χ2v) is 4.09. The van der Waals surface area contributed by atoms with Gasteiger partial charge in [0.25, 0.3) is 0 Å². The van der Waals surface area contributed by atoms with E-state index in [1.54, 1.807) is 0 Å². The number of hydrogen-bond donors (Lipinski definition) is 0. The Hall–Kier alpha value is -2.09. The second kappa shape index (κ2) is 4.42. The van der Waals surface area contributed by atoms with E-state index in [-0.39, 0.29) is 0 Å². The first-order chi connectivity index (χ1) is 8.45. The van der Waals surface area contributed by atoms with Crippen LogP contribution in [0.25, 0.3) is 11.1 Å². The molecule has 0 N–H and O–H groups in total. The van der Waals surface area contributed by atoms with Crippen LogP contribution in [0.2, 0.25) is 0 Å². The van der Waals surface area contributed by atoms with E-state index in [0.29, 0.717) is 0 Å². The van der Waals surface area contributed by atoms with Crippen LogP contribution < -0.4 is 5.01 Å². The Morgan fingerprint density at radius 2 is 1.65 bits per heavy atom. The van der Waals surface area contributed by atoms with E-state index in [9.17, 15) is 0 Å². The lowest BCUT2D eigenvalue weighted by Crippen LogP contribution is -2.12. The first-order valence-electron chi connectivity index (χ1n) is 5.89. The molecule has 0 aromatic heterocycles. The van der Waals surface area contributed by atoms with E-state index in [2.05, 4.69) is 58.6 Å². The van der Waals surface area contributed by atoms with Crippen molar-refractivity contribution in [2.75, 3.05) is 11.6 Å². The molecule has 0 amide bonds. The maximum atomic E-state index is 4.40. The van der Waals surface area contributed by atoms with Crippen molar-refractivity contribution in [1.29, 1.82) is 0 Å². The van der Waals surface area contributed by atoms with Gasteiger partial charge in [0.05, 0.1) is 5.69 Å². The first kappa shape index (κ1) is 10.1. The van der Waals surface area contributed by atoms with Gasteiger partial charge in [-0.3, -0.25) is 5.01 Å². The standard InChI is InChI=1S/C15H14N2/c1-2-7-13(8-3-1)14-9-4-5-10-15(14)17-12-6-11-16-17/h1-5,7-11H,6,12H2. The zero-order chi connectivity index (χ0) is 11.5. The van der Waals surface area contributed by atoms with Gasteiger partial charge < -0.3 is 0 Å². The van der Waals surface area contributed by atoms with Crippen LogP contribution in [0.4, 0.5) is 5.69 Å². The van der Waals surface area contributed by atoms with Gasteiger partial charge >= 0.3 is 0 Å². The Morgan fingerprint density at radius 1 is 0.882 bits per heavy atom. The van der Waals surface area contributed by atoms with Crippen LogP contribution in [0.3, 0.4) is 0 Å². The summed E-state index contributed by atoms with van der Waals surface area (Å²) in [5.74, 6) is 0. The summed E-state index contributed by atoms with van der Waals surface area (Å²) in [5, 5.41) is 6.47. The van der Waals surface area contributed by atoms with Crippen LogP contribution in [0.5, 0.6) is 0 Å². The maximum Gasteiger partial charge on any atom is 0.0672 e. The van der Waals surface area contributed by atoms with Crippen molar-refractivity contribution in [2.24, 2.45) is 5.10 Å². The minimum atomic E-state index is 0.976. The predicted octanol–water partition coefficient (Wildman–Crippen LogP) is 3.55. The molecule has 1 aliphatic heterocycles. The Bertz CT molecular complexity index is 532. The SMILES string of the molecule is C1=NN(c2ccccc2-c2ccccc2)CC1. The normalized spacial score (nSPS) is 14.2. The smallest absolute Gasteiger partial charge is 0.0672 e. The summed E-state index contributed by atoms with van der Waals surface area (Å²) in [5.41, 5.74) is 3.67. The van der Waals surface area contributed by atoms with Crippen molar-refractivity contribution in [3.63, 3.8) is 0 Å². The molecule has 0 radical (unpaired) electrons. The molecule has 2 aromatic carbocycles. The van der Waals surface area contributed by atoms with Gasteiger partial charge in [-0.25, -0.2) is 0 Å². The quantitative estimate of drug-likeness (QED) is 0.758. The summed E-state index contributed by atoms with van der Waals surface area (Å²) in [6.07, 6.45) is 3.00. The molecule has 0 bridgehead atoms. The number of nitrogens with zero attached hydrogens (tertiary/aromatic N) is 2. The fourth-order valence-electron chi connectivity index (χ4n) is 2.14. The van der Waals surface area contributed by atoms with Crippen LogP contribution >= 0.6 is 0 Å². The lowest BCUT2D eigenvalue weighted by atomic mass is 10.0. The Morgan fingerprint density at radius 3 is 2.41 bits per heavy atom. The molecule has 0 fully saturated rings. The highest BCUT2D eigenvalue weighted by Crippen LogP contribution is 2.31. The Kier molecular flexibility index (Phi) is 2.62. The van der Waals surface area contributed by atoms with Crippen molar-refractivity contribution in [2.45, 2.75) is 6.42 Å². The number of hydrogen-bond acceptors (Lipinski definition) is 2. The zero-order valence-corrected chi connectivity index (χ0v) is 9.58. The number of rotatable bonds is 2. The molecule has 0 atom stereocenters. The minimum absolute atomic E-state index is 0.976. The molecule has 17 heavy (non-hydrogen) atoms. The second-order valence-electron chi connectivity index (χ2n) is 4.09. The summed E-state index contributed by atoms with van der Waals surface area (Å²) in [4.78, 5) is 0. The summed E-state index contributed by atoms with van der Waals surface area (Å²) in [6, 6.07) is 18.9. The third-order valence-corrected chi connectivity index (χ3v) is 2.96. The monoisotopic (exact) mass is 222 g/mol. The van der Waals surface area contributed by atoms with Crippen molar-refractivity contribution in [3.8, 4) is 11.1 Å². The zero-order valence-electron chi connectivity index (χ0n) is 9.58. The van der Waals surface area contributed by atoms with Crippen molar-refractivity contribution < 1.29 is 0 Å². The van der Waals surface area contributed by atoms with Crippen LogP contribution in [0.15, 0.2) is 59.7 Å². The number of benzene rings is 2. The van der Waals surface area contributed by atoms with Crippen LogP contribution in [0, 0.1) is 0 Å². The molecule has 0 unspecified atom stereocenters. The van der Waals surface area contributed by atoms with E-state index in [1.807, 2.05) is 12.3 Å². The van der Waals surface area contributed by atoms with Gasteiger partial charge in [0, 0.05) is 24.7 Å². The highest BCUT2D eigenvalue weighted by Gasteiger charge is 2.13. The van der Waals surface area contributed by atoms with Crippen molar-refractivity contribution in [1.82, 2.24) is 0 Å². The van der Waals surface area contributed by atoms with Gasteiger partial charge in [-0.15, -0.1) is 0 Å². The predicted molar refractivity (Wildman–Crippen MR) is 72.3 cm³/mol. The Labute approximate surface area is 101 Å². The molecule has 0 saturated heterocycles. The van der Waals surface area contributed by atoms with Gasteiger partial charge in [0.2, 0.25) is 0 Å². The fraction of sp³-hybridized carbons (Fsp3) is 0.133. The Balaban J connectivity index is 2.08. The van der Waals surface area contributed by atoms with Crippen LogP contribution in [-0.4, -0.2) is 12.8 Å². The summed E-state index contributed by atoms with van der Waals surface area (Å²) in [6.45, 7) is 0.976. The molecule has 0 spiro atoms. The van der Waals surface area contributed by atoms with Gasteiger partial charge in [-0.1, -0.05) is 48.5 Å². The topological polar surface area (TPSA) is 15.6 Å². The van der Waals surface area contributed by atoms with Crippen LogP contribution in [0.1, 0.15) is 6.42 Å². The molecule has 1 heterocycles. The summed E-state index contributed by atoms with van der Waals surface area (Å²) in [7, 11) is 0. The first-order valence-corrected chi connectivity index (χ1v) is 5.89. The van der Waals surface area contributed by atoms with E-state index in [1.165, 1.54) is 16.8 Å². The molecule has 3 rings (SSSR count). The van der Waals surface area contributed by atoms with E-state index < -0.39 is 0 Å². The third-order valence-electron chi connectivity index (χ3n) is 2.96. The van der Waals surface area contributed by atoms with E-state index >= 15 is 0 Å². The third kappa shape index (κ3) is 1.94. The van der Waals surface area contributed by atoms with Crippen molar-refractivity contribution in [3.05, 3.63) is 54.6 Å². The van der Waals surface area contributed by atoms with Crippen molar-refractivity contribution >= 4 is 11.9 Å². The number of anilines is 1. The average molecular weight is 222 g/mol. The fourth-order valence-corrected chi connectivity index (χ4v) is 2.14. The number of para-hydroxylation sites is 1. The average Bonchev–Trinajstić information content (AvgIpc) is 2.94. The molecule has 84 valence electrons. The lowest BCUT2D eigenvalue weighted by Gasteiger charge is -2.18. The summed E-state index contributed by atoms with van der Waals surface area (Å²) < 4.78 is 0. The largest absolute Gasteiger partial charge is 0.265 e. The van der Waals surface area contributed by atoms with E-state index in [0.717, 1.165) is 13.0 Å². The molecule has 2 heteroatoms. The highest BCUT2D eigenvalue weighted by molar-refractivity contribution is 5.80. The highest BCUT2D eigenvalue weighted by atomic mass is 15.5. The molecule has 2 aromatic rings. The van der Waals surface area contributed by atoms with Gasteiger partial charge in [-0.2, -0.15) is 5.10 Å². The van der Waals surface area contributed by atoms with Gasteiger partial charge in [0.15, 0.2) is 0 Å². The molecule has 0 aliphatic carbocycles. The molecule has 2 nitrogen and oxygen atoms in total. The lowest BCUT2D eigenvalue weighted by molar-refractivity contribution is 0.923. The number of hydrazone groups is 1. The maximum absolute atomic E-state index is 4.40.